The summed E-state index contributed by atoms with van der Waals surface area (Å²) >= 11 is 5.78. The predicted octanol–water partition coefficient (Wildman–Crippen LogP) is 1.60. The Bertz CT molecular complexity index is 442. The first-order valence-electron chi connectivity index (χ1n) is 5.48. The predicted molar refractivity (Wildman–Crippen MR) is 69.4 cm³/mol. The van der Waals surface area contributed by atoms with E-state index in [4.69, 9.17) is 22.1 Å². The minimum Gasteiger partial charge on any atom is -0.449 e. The Morgan fingerprint density at radius 2 is 2.11 bits per heavy atom. The summed E-state index contributed by atoms with van der Waals surface area (Å²) in [4.78, 5) is 23.2. The molecule has 0 radical (unpaired) electrons. The van der Waals surface area contributed by atoms with Crippen LogP contribution in [0.25, 0.3) is 0 Å². The van der Waals surface area contributed by atoms with Crippen molar-refractivity contribution in [3.63, 3.8) is 0 Å². The fourth-order valence-electron chi connectivity index (χ4n) is 1.33. The van der Waals surface area contributed by atoms with E-state index >= 15 is 0 Å². The van der Waals surface area contributed by atoms with Gasteiger partial charge in [0, 0.05) is 17.3 Å². The summed E-state index contributed by atoms with van der Waals surface area (Å²) in [5.41, 5.74) is 6.14. The molecule has 3 N–H and O–H groups in total. The molecule has 1 atom stereocenters. The van der Waals surface area contributed by atoms with Crippen LogP contribution in [0.3, 0.4) is 0 Å². The lowest BCUT2D eigenvalue weighted by Crippen LogP contribution is -2.35. The van der Waals surface area contributed by atoms with E-state index in [9.17, 15) is 9.59 Å². The molecule has 0 bridgehead atoms. The smallest absolute Gasteiger partial charge is 0.339 e. The fourth-order valence-corrected chi connectivity index (χ4v) is 1.57. The van der Waals surface area contributed by atoms with Crippen molar-refractivity contribution in [2.24, 2.45) is 0 Å². The molecule has 1 aromatic rings. The van der Waals surface area contributed by atoms with Crippen LogP contribution in [-0.4, -0.2) is 24.5 Å². The van der Waals surface area contributed by atoms with Gasteiger partial charge in [-0.3, -0.25) is 4.79 Å². The minimum absolute atomic E-state index is 0.219. The second-order valence-electron chi connectivity index (χ2n) is 3.72. The zero-order valence-corrected chi connectivity index (χ0v) is 11.0. The maximum atomic E-state index is 11.8. The lowest BCUT2D eigenvalue weighted by molar-refractivity contribution is -0.128. The molecule has 0 fully saturated rings. The number of hydrogen-bond donors (Lipinski definition) is 2. The van der Waals surface area contributed by atoms with Crippen LogP contribution in [0.1, 0.15) is 24.2 Å². The van der Waals surface area contributed by atoms with Gasteiger partial charge in [-0.15, -0.1) is 0 Å². The van der Waals surface area contributed by atoms with Crippen LogP contribution in [-0.2, 0) is 9.53 Å². The molecule has 6 heteroatoms. The zero-order chi connectivity index (χ0) is 13.7. The number of anilines is 1. The molecular weight excluding hydrogens is 256 g/mol. The molecule has 0 saturated heterocycles. The van der Waals surface area contributed by atoms with E-state index in [1.54, 1.807) is 6.92 Å². The molecule has 18 heavy (non-hydrogen) atoms. The monoisotopic (exact) mass is 270 g/mol. The Balaban J connectivity index is 2.73. The summed E-state index contributed by atoms with van der Waals surface area (Å²) < 4.78 is 5.00. The van der Waals surface area contributed by atoms with Gasteiger partial charge in [-0.05, 0) is 32.0 Å². The zero-order valence-electron chi connectivity index (χ0n) is 10.2. The van der Waals surface area contributed by atoms with Crippen LogP contribution in [0.15, 0.2) is 18.2 Å². The van der Waals surface area contributed by atoms with Crippen molar-refractivity contribution in [3.8, 4) is 0 Å². The first-order valence-corrected chi connectivity index (χ1v) is 5.86. The van der Waals surface area contributed by atoms with Crippen molar-refractivity contribution in [2.75, 3.05) is 12.3 Å². The summed E-state index contributed by atoms with van der Waals surface area (Å²) in [6, 6.07) is 4.40. The molecule has 1 unspecified atom stereocenters. The van der Waals surface area contributed by atoms with Gasteiger partial charge < -0.3 is 15.8 Å². The summed E-state index contributed by atoms with van der Waals surface area (Å²) in [5.74, 6) is -0.983. The number of nitrogen functional groups attached to an aromatic ring is 1. The third-order valence-corrected chi connectivity index (χ3v) is 2.38. The van der Waals surface area contributed by atoms with E-state index in [-0.39, 0.29) is 11.5 Å². The van der Waals surface area contributed by atoms with E-state index in [0.29, 0.717) is 17.3 Å². The largest absolute Gasteiger partial charge is 0.449 e. The number of nitrogens with two attached hydrogens (primary N) is 1. The van der Waals surface area contributed by atoms with Gasteiger partial charge in [-0.1, -0.05) is 11.6 Å². The van der Waals surface area contributed by atoms with E-state index in [2.05, 4.69) is 5.32 Å². The van der Waals surface area contributed by atoms with E-state index < -0.39 is 12.1 Å². The van der Waals surface area contributed by atoms with Crippen LogP contribution >= 0.6 is 11.6 Å². The maximum absolute atomic E-state index is 11.8. The number of esters is 1. The Morgan fingerprint density at radius 1 is 1.44 bits per heavy atom. The van der Waals surface area contributed by atoms with Gasteiger partial charge in [-0.2, -0.15) is 0 Å². The van der Waals surface area contributed by atoms with Crippen LogP contribution in [0.4, 0.5) is 5.69 Å². The van der Waals surface area contributed by atoms with E-state index in [1.165, 1.54) is 25.1 Å². The highest BCUT2D eigenvalue weighted by atomic mass is 35.5. The summed E-state index contributed by atoms with van der Waals surface area (Å²) in [6.45, 7) is 3.76. The Morgan fingerprint density at radius 3 is 2.67 bits per heavy atom. The SMILES string of the molecule is CCNC(=O)C(C)OC(=O)c1cc(N)cc(Cl)c1. The van der Waals surface area contributed by atoms with Gasteiger partial charge in [0.25, 0.3) is 5.91 Å². The van der Waals surface area contributed by atoms with Gasteiger partial charge in [0.2, 0.25) is 0 Å². The van der Waals surface area contributed by atoms with Crippen molar-refractivity contribution < 1.29 is 14.3 Å². The van der Waals surface area contributed by atoms with Crippen LogP contribution < -0.4 is 11.1 Å². The molecular formula is C12H15ClN2O3. The van der Waals surface area contributed by atoms with Gasteiger partial charge >= 0.3 is 5.97 Å². The third-order valence-electron chi connectivity index (χ3n) is 2.16. The molecule has 0 aromatic heterocycles. The van der Waals surface area contributed by atoms with Gasteiger partial charge in [0.05, 0.1) is 5.56 Å². The highest BCUT2D eigenvalue weighted by molar-refractivity contribution is 6.31. The molecule has 1 rings (SSSR count). The number of carbonyl (C=O) groups excluding carboxylic acids is 2. The second-order valence-corrected chi connectivity index (χ2v) is 4.15. The van der Waals surface area contributed by atoms with Gasteiger partial charge in [-0.25, -0.2) is 4.79 Å². The number of benzene rings is 1. The summed E-state index contributed by atoms with van der Waals surface area (Å²) in [5, 5.41) is 2.90. The molecule has 0 aliphatic carbocycles. The Labute approximate surface area is 110 Å². The van der Waals surface area contributed by atoms with Gasteiger partial charge in [0.1, 0.15) is 0 Å². The van der Waals surface area contributed by atoms with Crippen molar-refractivity contribution in [1.82, 2.24) is 5.32 Å². The number of likely N-dealkylation sites (N-methyl/N-ethyl adjacent to an activating group) is 1. The highest BCUT2D eigenvalue weighted by Gasteiger charge is 2.18. The molecule has 98 valence electrons. The van der Waals surface area contributed by atoms with Crippen molar-refractivity contribution in [3.05, 3.63) is 28.8 Å². The lowest BCUT2D eigenvalue weighted by atomic mass is 10.2. The Hall–Kier alpha value is -1.75. The molecule has 1 amide bonds. The Kier molecular flexibility index (Phi) is 4.97. The van der Waals surface area contributed by atoms with Crippen molar-refractivity contribution >= 4 is 29.2 Å². The normalized spacial score (nSPS) is 11.7. The summed E-state index contributed by atoms with van der Waals surface area (Å²) in [6.07, 6.45) is -0.863. The second kappa shape index (κ2) is 6.26. The average molecular weight is 271 g/mol. The molecule has 0 saturated carbocycles. The van der Waals surface area contributed by atoms with Crippen molar-refractivity contribution in [1.29, 1.82) is 0 Å². The molecule has 5 nitrogen and oxygen atoms in total. The lowest BCUT2D eigenvalue weighted by Gasteiger charge is -2.12. The van der Waals surface area contributed by atoms with Crippen LogP contribution in [0, 0.1) is 0 Å². The number of nitrogens with one attached hydrogen (secondary N) is 1. The minimum atomic E-state index is -0.863. The van der Waals surface area contributed by atoms with Crippen LogP contribution in [0.2, 0.25) is 5.02 Å². The highest BCUT2D eigenvalue weighted by Crippen LogP contribution is 2.17. The number of ether oxygens (including phenoxy) is 1. The molecule has 0 aliphatic rings. The maximum Gasteiger partial charge on any atom is 0.339 e. The quantitative estimate of drug-likeness (QED) is 0.643. The van der Waals surface area contributed by atoms with Gasteiger partial charge in [0.15, 0.2) is 6.10 Å². The summed E-state index contributed by atoms with van der Waals surface area (Å²) in [7, 11) is 0. The average Bonchev–Trinajstić information content (AvgIpc) is 2.27. The van der Waals surface area contributed by atoms with E-state index in [0.717, 1.165) is 0 Å². The molecule has 0 aliphatic heterocycles. The third kappa shape index (κ3) is 3.92. The molecule has 0 spiro atoms. The molecule has 0 heterocycles. The van der Waals surface area contributed by atoms with E-state index in [1.807, 2.05) is 0 Å². The number of hydrogen-bond acceptors (Lipinski definition) is 4. The number of rotatable bonds is 4. The fraction of sp³-hybridized carbons (Fsp3) is 0.333. The topological polar surface area (TPSA) is 81.4 Å². The standard InChI is InChI=1S/C12H15ClN2O3/c1-3-15-11(16)7(2)18-12(17)8-4-9(13)6-10(14)5-8/h4-7H,3,14H2,1-2H3,(H,15,16). The van der Waals surface area contributed by atoms with Crippen LogP contribution in [0.5, 0.6) is 0 Å². The molecule has 1 aromatic carbocycles. The van der Waals surface area contributed by atoms with Crippen molar-refractivity contribution in [2.45, 2.75) is 20.0 Å². The first kappa shape index (κ1) is 14.3. The first-order chi connectivity index (χ1) is 8.43. The number of carbonyl (C=O) groups is 2. The number of halogens is 1. The number of amides is 1.